The molecule has 2 N–H and O–H groups in total. The van der Waals surface area contributed by atoms with Gasteiger partial charge in [-0.15, -0.1) is 0 Å². The number of nitrogens with one attached hydrogen (secondary N) is 2. The van der Waals surface area contributed by atoms with Gasteiger partial charge in [0.05, 0.1) is 0 Å². The normalized spacial score (nSPS) is 12.1. The lowest BCUT2D eigenvalue weighted by atomic mass is 10.2. The molecule has 1 amide bonds. The summed E-state index contributed by atoms with van der Waals surface area (Å²) in [5.41, 5.74) is -0.367. The molecule has 5 nitrogen and oxygen atoms in total. The predicted molar refractivity (Wildman–Crippen MR) is 52.1 cm³/mol. The van der Waals surface area contributed by atoms with Crippen molar-refractivity contribution in [2.24, 2.45) is 0 Å². The van der Waals surface area contributed by atoms with E-state index in [1.165, 1.54) is 12.3 Å². The van der Waals surface area contributed by atoms with E-state index in [0.29, 0.717) is 0 Å². The van der Waals surface area contributed by atoms with E-state index < -0.39 is 5.56 Å². The molecule has 14 heavy (non-hydrogen) atoms. The van der Waals surface area contributed by atoms with Gasteiger partial charge in [-0.25, -0.2) is 5.10 Å². The van der Waals surface area contributed by atoms with Crippen LogP contribution in [0.5, 0.6) is 0 Å². The highest BCUT2D eigenvalue weighted by molar-refractivity contribution is 5.93. The lowest BCUT2D eigenvalue weighted by Crippen LogP contribution is -2.35. The summed E-state index contributed by atoms with van der Waals surface area (Å²) in [5.74, 6) is -0.358. The molecule has 1 aromatic heterocycles. The van der Waals surface area contributed by atoms with Crippen molar-refractivity contribution >= 4 is 5.91 Å². The number of aromatic amines is 1. The quantitative estimate of drug-likeness (QED) is 0.728. The van der Waals surface area contributed by atoms with Crippen molar-refractivity contribution < 1.29 is 4.79 Å². The van der Waals surface area contributed by atoms with Crippen LogP contribution in [0.3, 0.4) is 0 Å². The fourth-order valence-corrected chi connectivity index (χ4v) is 0.926. The van der Waals surface area contributed by atoms with E-state index in [1.54, 1.807) is 0 Å². The minimum Gasteiger partial charge on any atom is -0.349 e. The summed E-state index contributed by atoms with van der Waals surface area (Å²) in [5, 5.41) is 8.41. The first-order valence-electron chi connectivity index (χ1n) is 4.49. The summed E-state index contributed by atoms with van der Waals surface area (Å²) >= 11 is 0. The summed E-state index contributed by atoms with van der Waals surface area (Å²) < 4.78 is 0. The average molecular weight is 195 g/mol. The maximum Gasteiger partial charge on any atom is 0.277 e. The third kappa shape index (κ3) is 2.42. The predicted octanol–water partition coefficient (Wildman–Crippen LogP) is 0.298. The second-order valence-corrected chi connectivity index (χ2v) is 3.08. The molecule has 5 heteroatoms. The van der Waals surface area contributed by atoms with Crippen molar-refractivity contribution in [3.8, 4) is 0 Å². The highest BCUT2D eigenvalue weighted by Crippen LogP contribution is 1.92. The van der Waals surface area contributed by atoms with Crippen molar-refractivity contribution in [1.29, 1.82) is 0 Å². The van der Waals surface area contributed by atoms with Gasteiger partial charge in [-0.2, -0.15) is 5.10 Å². The summed E-state index contributed by atoms with van der Waals surface area (Å²) in [7, 11) is 0. The fourth-order valence-electron chi connectivity index (χ4n) is 0.926. The number of hydrogen-bond acceptors (Lipinski definition) is 3. The first-order chi connectivity index (χ1) is 6.65. The molecule has 0 aromatic carbocycles. The number of H-pyrrole nitrogens is 1. The Bertz CT molecular complexity index is 372. The van der Waals surface area contributed by atoms with Crippen LogP contribution in [-0.2, 0) is 0 Å². The van der Waals surface area contributed by atoms with E-state index in [-0.39, 0.29) is 17.5 Å². The summed E-state index contributed by atoms with van der Waals surface area (Å²) in [6.45, 7) is 3.84. The smallest absolute Gasteiger partial charge is 0.277 e. The summed E-state index contributed by atoms with van der Waals surface area (Å²) in [6, 6.07) is 1.46. The highest BCUT2D eigenvalue weighted by atomic mass is 16.2. The molecule has 1 rings (SSSR count). The molecule has 76 valence electrons. The first-order valence-corrected chi connectivity index (χ1v) is 4.49. The summed E-state index contributed by atoms with van der Waals surface area (Å²) in [6.07, 6.45) is 2.21. The van der Waals surface area contributed by atoms with Crippen LogP contribution in [0.4, 0.5) is 0 Å². The SMILES string of the molecule is CCC(C)NC(=O)c1ccn[nH]c1=O. The second kappa shape index (κ2) is 4.55. The zero-order chi connectivity index (χ0) is 10.6. The minimum absolute atomic E-state index is 0.0649. The molecule has 0 aliphatic carbocycles. The van der Waals surface area contributed by atoms with Crippen molar-refractivity contribution in [2.45, 2.75) is 26.3 Å². The number of aromatic nitrogens is 2. The van der Waals surface area contributed by atoms with Crippen molar-refractivity contribution in [3.05, 3.63) is 28.2 Å². The molecular formula is C9H13N3O2. The Kier molecular flexibility index (Phi) is 3.39. The topological polar surface area (TPSA) is 74.8 Å². The van der Waals surface area contributed by atoms with Gasteiger partial charge in [0.25, 0.3) is 11.5 Å². The van der Waals surface area contributed by atoms with E-state index in [2.05, 4.69) is 15.5 Å². The summed E-state index contributed by atoms with van der Waals surface area (Å²) in [4.78, 5) is 22.6. The molecule has 0 spiro atoms. The largest absolute Gasteiger partial charge is 0.349 e. The number of nitrogens with zero attached hydrogens (tertiary/aromatic N) is 1. The van der Waals surface area contributed by atoms with E-state index in [1.807, 2.05) is 13.8 Å². The van der Waals surface area contributed by atoms with E-state index >= 15 is 0 Å². The fraction of sp³-hybridized carbons (Fsp3) is 0.444. The van der Waals surface area contributed by atoms with Crippen LogP contribution >= 0.6 is 0 Å². The van der Waals surface area contributed by atoms with Crippen molar-refractivity contribution in [3.63, 3.8) is 0 Å². The Balaban J connectivity index is 2.80. The Morgan fingerprint density at radius 3 is 3.00 bits per heavy atom. The lowest BCUT2D eigenvalue weighted by molar-refractivity contribution is 0.0937. The molecule has 1 aromatic rings. The highest BCUT2D eigenvalue weighted by Gasteiger charge is 2.11. The minimum atomic E-state index is -0.465. The molecular weight excluding hydrogens is 182 g/mol. The Morgan fingerprint density at radius 2 is 2.43 bits per heavy atom. The van der Waals surface area contributed by atoms with Crippen LogP contribution in [0.2, 0.25) is 0 Å². The molecule has 0 saturated heterocycles. The van der Waals surface area contributed by atoms with Gasteiger partial charge in [0.1, 0.15) is 5.56 Å². The number of rotatable bonds is 3. The third-order valence-corrected chi connectivity index (χ3v) is 1.96. The average Bonchev–Trinajstić information content (AvgIpc) is 2.18. The van der Waals surface area contributed by atoms with E-state index in [4.69, 9.17) is 0 Å². The first kappa shape index (κ1) is 10.4. The number of hydrogen-bond donors (Lipinski definition) is 2. The molecule has 0 bridgehead atoms. The van der Waals surface area contributed by atoms with E-state index in [0.717, 1.165) is 6.42 Å². The van der Waals surface area contributed by atoms with Crippen molar-refractivity contribution in [1.82, 2.24) is 15.5 Å². The van der Waals surface area contributed by atoms with Gasteiger partial charge in [0.2, 0.25) is 0 Å². The van der Waals surface area contributed by atoms with Gasteiger partial charge >= 0.3 is 0 Å². The standard InChI is InChI=1S/C9H13N3O2/c1-3-6(2)11-8(13)7-4-5-10-12-9(7)14/h4-6H,3H2,1-2H3,(H,11,13)(H,12,14). The van der Waals surface area contributed by atoms with E-state index in [9.17, 15) is 9.59 Å². The molecule has 0 fully saturated rings. The van der Waals surface area contributed by atoms with Gasteiger partial charge in [-0.05, 0) is 19.4 Å². The number of carbonyl (C=O) groups excluding carboxylic acids is 1. The lowest BCUT2D eigenvalue weighted by Gasteiger charge is -2.10. The van der Waals surface area contributed by atoms with Crippen LogP contribution in [0, 0.1) is 0 Å². The molecule has 0 radical (unpaired) electrons. The molecule has 0 aliphatic rings. The Labute approximate surface area is 81.5 Å². The maximum absolute atomic E-state index is 11.5. The van der Waals surface area contributed by atoms with Crippen molar-refractivity contribution in [2.75, 3.05) is 0 Å². The Morgan fingerprint density at radius 1 is 1.71 bits per heavy atom. The monoisotopic (exact) mass is 195 g/mol. The van der Waals surface area contributed by atoms with Crippen LogP contribution in [0.25, 0.3) is 0 Å². The number of amides is 1. The molecule has 1 unspecified atom stereocenters. The number of carbonyl (C=O) groups is 1. The van der Waals surface area contributed by atoms with Gasteiger partial charge in [-0.3, -0.25) is 9.59 Å². The zero-order valence-corrected chi connectivity index (χ0v) is 8.20. The molecule has 1 atom stereocenters. The Hall–Kier alpha value is -1.65. The zero-order valence-electron chi connectivity index (χ0n) is 8.20. The van der Waals surface area contributed by atoms with Gasteiger partial charge < -0.3 is 5.32 Å². The van der Waals surface area contributed by atoms with Crippen LogP contribution in [0.15, 0.2) is 17.1 Å². The second-order valence-electron chi connectivity index (χ2n) is 3.08. The molecule has 0 saturated carbocycles. The molecule has 1 heterocycles. The van der Waals surface area contributed by atoms with Gasteiger partial charge in [-0.1, -0.05) is 6.92 Å². The third-order valence-electron chi connectivity index (χ3n) is 1.96. The van der Waals surface area contributed by atoms with Crippen LogP contribution in [-0.4, -0.2) is 22.1 Å². The maximum atomic E-state index is 11.5. The van der Waals surface area contributed by atoms with Crippen LogP contribution in [0.1, 0.15) is 30.6 Å². The molecule has 0 aliphatic heterocycles. The van der Waals surface area contributed by atoms with Gasteiger partial charge in [0.15, 0.2) is 0 Å². The van der Waals surface area contributed by atoms with Crippen LogP contribution < -0.4 is 10.9 Å². The van der Waals surface area contributed by atoms with Gasteiger partial charge in [0, 0.05) is 12.2 Å².